The molecule has 3 aromatic rings. The Labute approximate surface area is 597 Å². The van der Waals surface area contributed by atoms with Crippen LogP contribution >= 0.6 is 0 Å². The van der Waals surface area contributed by atoms with Gasteiger partial charge in [-0.2, -0.15) is 0 Å². The summed E-state index contributed by atoms with van der Waals surface area (Å²) >= 11 is 0. The topological polar surface area (TPSA) is 591 Å². The summed E-state index contributed by atoms with van der Waals surface area (Å²) in [4.78, 5) is 162. The molecule has 580 valence electrons. The third-order valence-corrected chi connectivity index (χ3v) is 17.5. The molecule has 0 bridgehead atoms. The molecule has 0 spiro atoms. The second-order valence-electron chi connectivity index (χ2n) is 25.7. The molecule has 7 amide bonds. The molecule has 2 aliphatic heterocycles. The van der Waals surface area contributed by atoms with Crippen molar-refractivity contribution >= 4 is 81.9 Å². The van der Waals surface area contributed by atoms with Crippen LogP contribution in [0.15, 0.2) is 42.5 Å². The van der Waals surface area contributed by atoms with Crippen molar-refractivity contribution in [3.05, 3.63) is 59.4 Å². The van der Waals surface area contributed by atoms with Gasteiger partial charge in [0.05, 0.1) is 75.6 Å². The van der Waals surface area contributed by atoms with Gasteiger partial charge in [-0.3, -0.25) is 72.3 Å². The van der Waals surface area contributed by atoms with Crippen LogP contribution in [0.3, 0.4) is 0 Å². The lowest BCUT2D eigenvalue weighted by molar-refractivity contribution is -0.141. The quantitative estimate of drug-likeness (QED) is 0.0234. The number of unbranched alkanes of at least 4 members (excludes halogenated alkanes) is 3. The molecule has 5 rings (SSSR count). The second-order valence-corrected chi connectivity index (χ2v) is 25.7. The van der Waals surface area contributed by atoms with Crippen molar-refractivity contribution in [2.75, 3.05) is 130 Å². The number of rotatable bonds is 42. The van der Waals surface area contributed by atoms with Crippen molar-refractivity contribution in [3.63, 3.8) is 0 Å². The number of carbonyl (C=O) groups excluding carboxylic acids is 7. The average molecular weight is 1480 g/mol. The molecule has 39 nitrogen and oxygen atoms in total. The molecular formula is C65H100N14O25. The van der Waals surface area contributed by atoms with Crippen LogP contribution in [-0.4, -0.2) is 368 Å². The zero-order valence-electron chi connectivity index (χ0n) is 57.8. The lowest BCUT2D eigenvalue weighted by Gasteiger charge is -2.33. The number of amides is 7. The fourth-order valence-corrected chi connectivity index (χ4v) is 11.5. The molecule has 3 heterocycles. The Bertz CT molecular complexity index is 3270. The fourth-order valence-electron chi connectivity index (χ4n) is 11.5. The van der Waals surface area contributed by atoms with Crippen molar-refractivity contribution in [1.82, 2.24) is 66.0 Å². The normalized spacial score (nSPS) is 18.2. The molecular weight excluding hydrogens is 1380 g/mol. The van der Waals surface area contributed by atoms with E-state index in [1.807, 2.05) is 24.3 Å². The fraction of sp³-hybridized carbons (Fsp3) is 0.631. The first kappa shape index (κ1) is 86.0. The predicted molar refractivity (Wildman–Crippen MR) is 364 cm³/mol. The van der Waals surface area contributed by atoms with Gasteiger partial charge in [0.15, 0.2) is 0 Å². The van der Waals surface area contributed by atoms with E-state index in [4.69, 9.17) is 0 Å². The van der Waals surface area contributed by atoms with E-state index >= 15 is 0 Å². The number of carboxylic acids is 4. The minimum absolute atomic E-state index is 0.0137. The summed E-state index contributed by atoms with van der Waals surface area (Å²) in [6.45, 7) is -5.02. The summed E-state index contributed by atoms with van der Waals surface area (Å²) in [5.74, 6) is -9.80. The Balaban J connectivity index is 1.32. The van der Waals surface area contributed by atoms with Crippen LogP contribution in [0.5, 0.6) is 0 Å². The van der Waals surface area contributed by atoms with Crippen LogP contribution in [0.4, 0.5) is 5.69 Å². The van der Waals surface area contributed by atoms with E-state index in [1.165, 1.54) is 29.4 Å². The first-order valence-corrected chi connectivity index (χ1v) is 34.1. The number of hydrogen-bond acceptors (Lipinski definition) is 27. The largest absolute Gasteiger partial charge is 0.481 e. The molecule has 1 aromatic heterocycles. The highest BCUT2D eigenvalue weighted by Crippen LogP contribution is 2.27. The molecule has 0 radical (unpaired) electrons. The van der Waals surface area contributed by atoms with E-state index in [0.717, 1.165) is 11.0 Å². The van der Waals surface area contributed by atoms with Crippen LogP contribution in [0, 0.1) is 0 Å². The monoisotopic (exact) mass is 1480 g/mol. The Hall–Kier alpha value is -8.68. The number of carboxylic acid groups (broad SMARTS) is 4. The van der Waals surface area contributed by atoms with Gasteiger partial charge in [-0.15, -0.1) is 0 Å². The number of para-hydroxylation sites is 2. The maximum atomic E-state index is 14.6. The number of aliphatic hydroxyl groups is 10. The highest BCUT2D eigenvalue weighted by molar-refractivity contribution is 5.96. The van der Waals surface area contributed by atoms with E-state index < -0.39 is 211 Å². The lowest BCUT2D eigenvalue weighted by Crippen LogP contribution is -2.56. The van der Waals surface area contributed by atoms with Gasteiger partial charge in [-0.1, -0.05) is 25.0 Å². The molecule has 1 fully saturated rings. The van der Waals surface area contributed by atoms with Gasteiger partial charge >= 0.3 is 23.9 Å². The first-order chi connectivity index (χ1) is 49.3. The Kier molecular flexibility index (Phi) is 36.0. The van der Waals surface area contributed by atoms with Crippen LogP contribution in [0.1, 0.15) is 79.5 Å². The molecule has 39 heteroatoms. The number of nitrogens with one attached hydrogen (secondary N) is 7. The third-order valence-electron chi connectivity index (χ3n) is 17.5. The minimum atomic E-state index is -2.08. The molecule has 104 heavy (non-hydrogen) atoms. The molecule has 5 unspecified atom stereocenters. The maximum absolute atomic E-state index is 14.6. The molecule has 2 aliphatic rings. The van der Waals surface area contributed by atoms with E-state index in [1.54, 1.807) is 25.2 Å². The van der Waals surface area contributed by atoms with Crippen molar-refractivity contribution in [3.8, 4) is 0 Å². The van der Waals surface area contributed by atoms with Crippen LogP contribution < -0.4 is 31.9 Å². The number of anilines is 1. The van der Waals surface area contributed by atoms with Crippen molar-refractivity contribution in [1.29, 1.82) is 0 Å². The number of aromatic nitrogens is 2. The summed E-state index contributed by atoms with van der Waals surface area (Å²) in [7, 11) is 1.62. The number of H-pyrrole nitrogens is 1. The SMILES string of the molecule is CN(Cc1nc2ccccc2[nH]1)C(=O)c1ccc2c(c1)CN(CCCCCCNC(=O)[C@H](CCC(=O)NCC(O)C(O)[C@H](O)[C@@H](O)CO)NC(=O)[C@H](CCC(=O)NCC(O)C(O)[C@H](O)[C@@H](O)CO)NC(=O)CN1CCN(CC(=O)O)CCN(CC(=O)O)CCN(CC(=O)O)CC1)C(=O)C(CC(=O)O)N2. The van der Waals surface area contributed by atoms with E-state index in [2.05, 4.69) is 41.9 Å². The maximum Gasteiger partial charge on any atom is 0.317 e. The Morgan fingerprint density at radius 2 is 1.05 bits per heavy atom. The van der Waals surface area contributed by atoms with Crippen LogP contribution in [0.2, 0.25) is 0 Å². The van der Waals surface area contributed by atoms with Gasteiger partial charge in [0.2, 0.25) is 35.4 Å². The number of nitrogens with zero attached hydrogens (tertiary/aromatic N) is 7. The van der Waals surface area contributed by atoms with Gasteiger partial charge in [0.1, 0.15) is 60.6 Å². The van der Waals surface area contributed by atoms with Crippen molar-refractivity contribution in [2.45, 2.75) is 138 Å². The zero-order valence-corrected chi connectivity index (χ0v) is 57.8. The van der Waals surface area contributed by atoms with E-state index in [0.29, 0.717) is 48.3 Å². The van der Waals surface area contributed by atoms with E-state index in [-0.39, 0.29) is 84.4 Å². The van der Waals surface area contributed by atoms with Gasteiger partial charge in [0, 0.05) is 116 Å². The molecule has 11 atom stereocenters. The van der Waals surface area contributed by atoms with Gasteiger partial charge in [0.25, 0.3) is 5.91 Å². The molecule has 2 aromatic carbocycles. The highest BCUT2D eigenvalue weighted by atomic mass is 16.4. The summed E-state index contributed by atoms with van der Waals surface area (Å²) in [6, 6.07) is 7.73. The smallest absolute Gasteiger partial charge is 0.317 e. The summed E-state index contributed by atoms with van der Waals surface area (Å²) < 4.78 is 0. The number of fused-ring (bicyclic) bond motifs is 2. The molecule has 21 N–H and O–H groups in total. The van der Waals surface area contributed by atoms with E-state index in [9.17, 15) is 124 Å². The predicted octanol–water partition coefficient (Wildman–Crippen LogP) is -7.78. The molecule has 0 aliphatic carbocycles. The number of benzene rings is 2. The summed E-state index contributed by atoms with van der Waals surface area (Å²) in [5.41, 5.74) is 2.86. The van der Waals surface area contributed by atoms with Gasteiger partial charge in [-0.25, -0.2) is 4.98 Å². The summed E-state index contributed by atoms with van der Waals surface area (Å²) in [5, 5.41) is 154. The number of aliphatic carboxylic acids is 4. The second kappa shape index (κ2) is 43.6. The third kappa shape index (κ3) is 29.1. The Morgan fingerprint density at radius 3 is 1.54 bits per heavy atom. The van der Waals surface area contributed by atoms with Crippen LogP contribution in [-0.2, 0) is 61.0 Å². The van der Waals surface area contributed by atoms with Crippen molar-refractivity contribution < 1.29 is 124 Å². The van der Waals surface area contributed by atoms with Crippen molar-refractivity contribution in [2.24, 2.45) is 0 Å². The minimum Gasteiger partial charge on any atom is -0.481 e. The average Bonchev–Trinajstić information content (AvgIpc) is 1.62. The number of carbonyl (C=O) groups is 11. The molecule has 0 saturated carbocycles. The number of imidazole rings is 1. The molecule has 1 saturated heterocycles. The number of aliphatic hydroxyl groups excluding tert-OH is 10. The summed E-state index contributed by atoms with van der Waals surface area (Å²) in [6.07, 6.45) is -17.1. The standard InChI is InChI=1S/C65H100N14O25/c1-74(31-50-70-41-8-4-5-9-42(41)71-50)64(103)38-10-11-40-39(26-38)30-79(65(104)45(69-40)27-54(89)90)17-7-3-2-6-16-66-62(101)43(12-14-51(86)67-28-46(82)58(97)60(99)48(84)36-80)73-63(102)44(13-15-52(87)68-29-47(83)59(98)61(100)49(85)37-81)72-53(88)32-75-18-20-76(33-55(91)92)22-24-78(35-57(95)96)25-23-77(21-19-75)34-56(93)94/h4-5,8-11,26,43-49,58-61,69,80-85,97-100H,2-3,6-7,12-25,27-37H2,1H3,(H,66,101)(H,67,86)(H,68,87)(H,70,71)(H,72,88)(H,73,102)(H,89,90)(H,91,92)(H,93,94)(H,95,96)/t43-,44-,45?,46?,47?,48-,49-,58?,59?,60+,61+/m0/s1. The van der Waals surface area contributed by atoms with Gasteiger partial charge < -0.3 is 118 Å². The number of aromatic amines is 1. The lowest BCUT2D eigenvalue weighted by atomic mass is 10.0. The Morgan fingerprint density at radius 1 is 0.567 bits per heavy atom. The highest BCUT2D eigenvalue weighted by Gasteiger charge is 2.35. The van der Waals surface area contributed by atoms with Gasteiger partial charge in [-0.05, 0) is 61.6 Å². The first-order valence-electron chi connectivity index (χ1n) is 34.1. The zero-order chi connectivity index (χ0) is 76.7. The number of hydrogen-bond donors (Lipinski definition) is 21. The van der Waals surface area contributed by atoms with Crippen LogP contribution in [0.25, 0.3) is 11.0 Å².